The minimum Gasteiger partial charge on any atom is -0.135 e. The molecule has 0 unspecified atom stereocenters. The topological polar surface area (TPSA) is 0 Å². The Bertz CT molecular complexity index is 2100. The molecule has 0 bridgehead atoms. The molecule has 1 aromatic heterocycles. The van der Waals surface area contributed by atoms with Crippen LogP contribution in [0.25, 0.3) is 74.7 Å². The lowest BCUT2D eigenvalue weighted by molar-refractivity contribution is 1.67. The minimum atomic E-state index is 1.27. The number of fused-ring (bicyclic) bond motifs is 9. The molecule has 0 aliphatic carbocycles. The van der Waals surface area contributed by atoms with Gasteiger partial charge in [0.05, 0.1) is 0 Å². The first-order chi connectivity index (χ1) is 18.4. The van der Waals surface area contributed by atoms with E-state index >= 15 is 0 Å². The van der Waals surface area contributed by atoms with Crippen molar-refractivity contribution in [3.8, 4) is 22.3 Å². The van der Waals surface area contributed by atoms with E-state index in [1.165, 1.54) is 74.7 Å². The second-order valence-corrected chi connectivity index (χ2v) is 10.7. The smallest absolute Gasteiger partial charge is 0.0434 e. The maximum Gasteiger partial charge on any atom is 0.0434 e. The summed E-state index contributed by atoms with van der Waals surface area (Å²) in [5.74, 6) is 0. The molecule has 0 spiro atoms. The first-order valence-corrected chi connectivity index (χ1v) is 13.5. The average molecular weight is 487 g/mol. The summed E-state index contributed by atoms with van der Waals surface area (Å²) in [6, 6.07) is 48.9. The average Bonchev–Trinajstić information content (AvgIpc) is 3.37. The number of thiophene rings is 1. The van der Waals surface area contributed by atoms with Crippen molar-refractivity contribution >= 4 is 63.8 Å². The van der Waals surface area contributed by atoms with Gasteiger partial charge in [-0.05, 0) is 66.7 Å². The summed E-state index contributed by atoms with van der Waals surface area (Å²) in [5, 5.41) is 10.6. The molecular weight excluding hydrogens is 464 g/mol. The zero-order valence-electron chi connectivity index (χ0n) is 20.1. The molecule has 0 saturated heterocycles. The van der Waals surface area contributed by atoms with E-state index in [9.17, 15) is 0 Å². The Kier molecular flexibility index (Phi) is 4.49. The third-order valence-corrected chi connectivity index (χ3v) is 8.87. The van der Waals surface area contributed by atoms with Crippen molar-refractivity contribution < 1.29 is 0 Å². The van der Waals surface area contributed by atoms with Crippen molar-refractivity contribution in [1.29, 1.82) is 0 Å². The van der Waals surface area contributed by atoms with E-state index in [1.807, 2.05) is 11.3 Å². The van der Waals surface area contributed by atoms with E-state index in [0.29, 0.717) is 0 Å². The maximum absolute atomic E-state index is 2.41. The van der Waals surface area contributed by atoms with Gasteiger partial charge in [0, 0.05) is 20.2 Å². The van der Waals surface area contributed by atoms with E-state index in [4.69, 9.17) is 0 Å². The lowest BCUT2D eigenvalue weighted by atomic mass is 9.91. The highest BCUT2D eigenvalue weighted by Gasteiger charge is 2.15. The highest BCUT2D eigenvalue weighted by Crippen LogP contribution is 2.45. The van der Waals surface area contributed by atoms with Gasteiger partial charge in [0.25, 0.3) is 0 Å². The van der Waals surface area contributed by atoms with E-state index in [0.717, 1.165) is 0 Å². The van der Waals surface area contributed by atoms with Crippen LogP contribution in [0, 0.1) is 0 Å². The number of rotatable bonds is 2. The largest absolute Gasteiger partial charge is 0.135 e. The van der Waals surface area contributed by atoms with Gasteiger partial charge in [-0.3, -0.25) is 0 Å². The molecule has 0 atom stereocenters. The van der Waals surface area contributed by atoms with Crippen LogP contribution in [-0.4, -0.2) is 0 Å². The van der Waals surface area contributed by atoms with Gasteiger partial charge in [0.1, 0.15) is 0 Å². The van der Waals surface area contributed by atoms with Gasteiger partial charge in [0.15, 0.2) is 0 Å². The number of hydrogen-bond acceptors (Lipinski definition) is 1. The van der Waals surface area contributed by atoms with E-state index in [2.05, 4.69) is 133 Å². The van der Waals surface area contributed by atoms with Crippen LogP contribution in [0.4, 0.5) is 0 Å². The Morgan fingerprint density at radius 3 is 1.65 bits per heavy atom. The molecule has 172 valence electrons. The Morgan fingerprint density at radius 2 is 0.919 bits per heavy atom. The van der Waals surface area contributed by atoms with Crippen LogP contribution >= 0.6 is 11.3 Å². The molecule has 0 nitrogen and oxygen atoms in total. The Labute approximate surface area is 219 Å². The first kappa shape index (κ1) is 20.7. The Morgan fingerprint density at radius 1 is 0.351 bits per heavy atom. The molecule has 0 radical (unpaired) electrons. The zero-order chi connectivity index (χ0) is 24.3. The van der Waals surface area contributed by atoms with Crippen LogP contribution < -0.4 is 0 Å². The van der Waals surface area contributed by atoms with Crippen molar-refractivity contribution in [3.63, 3.8) is 0 Å². The van der Waals surface area contributed by atoms with Gasteiger partial charge in [-0.25, -0.2) is 0 Å². The van der Waals surface area contributed by atoms with Gasteiger partial charge < -0.3 is 0 Å². The zero-order valence-corrected chi connectivity index (χ0v) is 20.9. The molecule has 8 rings (SSSR count). The van der Waals surface area contributed by atoms with Crippen molar-refractivity contribution in [2.75, 3.05) is 0 Å². The maximum atomic E-state index is 2.41. The van der Waals surface area contributed by atoms with Gasteiger partial charge in [-0.1, -0.05) is 121 Å². The monoisotopic (exact) mass is 486 g/mol. The van der Waals surface area contributed by atoms with Crippen LogP contribution in [0.2, 0.25) is 0 Å². The molecule has 1 heterocycles. The molecular formula is C36H22S. The first-order valence-electron chi connectivity index (χ1n) is 12.7. The SMILES string of the molecule is c1ccc(-c2cccc3c2sc2cccc(-c4ccc5c6ccccc6c6ccccc6c5c4)c23)cc1. The summed E-state index contributed by atoms with van der Waals surface area (Å²) < 4.78 is 2.69. The van der Waals surface area contributed by atoms with Crippen molar-refractivity contribution in [2.24, 2.45) is 0 Å². The molecule has 0 aliphatic rings. The van der Waals surface area contributed by atoms with Gasteiger partial charge in [0.2, 0.25) is 0 Å². The number of benzene rings is 7. The van der Waals surface area contributed by atoms with Crippen LogP contribution in [0.3, 0.4) is 0 Å². The van der Waals surface area contributed by atoms with E-state index in [1.54, 1.807) is 0 Å². The minimum absolute atomic E-state index is 1.27. The van der Waals surface area contributed by atoms with Crippen LogP contribution in [0.1, 0.15) is 0 Å². The van der Waals surface area contributed by atoms with Crippen molar-refractivity contribution in [3.05, 3.63) is 133 Å². The summed E-state index contributed by atoms with van der Waals surface area (Å²) >= 11 is 1.90. The van der Waals surface area contributed by atoms with Crippen molar-refractivity contribution in [1.82, 2.24) is 0 Å². The normalized spacial score (nSPS) is 11.8. The van der Waals surface area contributed by atoms with Gasteiger partial charge >= 0.3 is 0 Å². The van der Waals surface area contributed by atoms with E-state index in [-0.39, 0.29) is 0 Å². The molecule has 0 saturated carbocycles. The van der Waals surface area contributed by atoms with Gasteiger partial charge in [-0.2, -0.15) is 0 Å². The molecule has 0 amide bonds. The van der Waals surface area contributed by atoms with Crippen molar-refractivity contribution in [2.45, 2.75) is 0 Å². The molecule has 1 heteroatoms. The fraction of sp³-hybridized carbons (Fsp3) is 0. The van der Waals surface area contributed by atoms with Gasteiger partial charge in [-0.15, -0.1) is 11.3 Å². The summed E-state index contributed by atoms with van der Waals surface area (Å²) in [5.41, 5.74) is 5.14. The highest BCUT2D eigenvalue weighted by molar-refractivity contribution is 7.26. The number of hydrogen-bond donors (Lipinski definition) is 0. The van der Waals surface area contributed by atoms with E-state index < -0.39 is 0 Å². The summed E-state index contributed by atoms with van der Waals surface area (Å²) in [6.45, 7) is 0. The Balaban J connectivity index is 1.44. The second kappa shape index (κ2) is 8.03. The fourth-order valence-corrected chi connectivity index (χ4v) is 7.27. The summed E-state index contributed by atoms with van der Waals surface area (Å²) in [4.78, 5) is 0. The van der Waals surface area contributed by atoms with Crippen LogP contribution in [0.5, 0.6) is 0 Å². The summed E-state index contributed by atoms with van der Waals surface area (Å²) in [6.07, 6.45) is 0. The third kappa shape index (κ3) is 3.08. The predicted octanol–water partition coefficient (Wildman–Crippen LogP) is 10.8. The Hall–Kier alpha value is -4.46. The molecule has 0 aliphatic heterocycles. The lowest BCUT2D eigenvalue weighted by Crippen LogP contribution is -1.85. The molecule has 0 N–H and O–H groups in total. The van der Waals surface area contributed by atoms with Crippen LogP contribution in [0.15, 0.2) is 133 Å². The van der Waals surface area contributed by atoms with Crippen LogP contribution in [-0.2, 0) is 0 Å². The third-order valence-electron chi connectivity index (χ3n) is 7.66. The molecule has 0 fully saturated rings. The molecule has 8 aromatic rings. The standard InChI is InChI=1S/C36H22S/c1-2-10-23(11-3-1)26-17-8-18-32-35-25(16-9-19-34(35)37-36(26)32)24-20-21-31-29-14-5-4-12-27(29)28-13-6-7-15-30(28)33(31)22-24/h1-22H. The highest BCUT2D eigenvalue weighted by atomic mass is 32.1. The summed E-state index contributed by atoms with van der Waals surface area (Å²) in [7, 11) is 0. The molecule has 7 aromatic carbocycles. The second-order valence-electron chi connectivity index (χ2n) is 9.68. The lowest BCUT2D eigenvalue weighted by Gasteiger charge is -2.12. The molecule has 37 heavy (non-hydrogen) atoms. The fourth-order valence-electron chi connectivity index (χ4n) is 6.01. The quantitative estimate of drug-likeness (QED) is 0.213. The predicted molar refractivity (Wildman–Crippen MR) is 163 cm³/mol.